The average Bonchev–Trinajstić information content (AvgIpc) is 3.57. The van der Waals surface area contributed by atoms with E-state index in [4.69, 9.17) is 9.97 Å². The zero-order chi connectivity index (χ0) is 40.9. The van der Waals surface area contributed by atoms with Crippen molar-refractivity contribution in [3.8, 4) is 89.5 Å². The van der Waals surface area contributed by atoms with Crippen molar-refractivity contribution in [1.82, 2.24) is 9.97 Å². The second-order valence-electron chi connectivity index (χ2n) is 16.6. The van der Waals surface area contributed by atoms with Crippen LogP contribution in [0.3, 0.4) is 0 Å². The van der Waals surface area contributed by atoms with Gasteiger partial charge in [0.2, 0.25) is 0 Å². The molecule has 1 heterocycles. The fourth-order valence-electron chi connectivity index (χ4n) is 9.33. The molecule has 11 rings (SSSR count). The first-order valence-electron chi connectivity index (χ1n) is 21.1. The zero-order valence-corrected chi connectivity index (χ0v) is 34.2. The Hall–Kier alpha value is -7.68. The summed E-state index contributed by atoms with van der Waals surface area (Å²) < 4.78 is 0. The van der Waals surface area contributed by atoms with E-state index in [9.17, 15) is 0 Å². The minimum absolute atomic E-state index is 0.0992. The maximum absolute atomic E-state index is 5.32. The molecule has 0 N–H and O–H groups in total. The molecule has 10 aromatic rings. The molecule has 0 aliphatic heterocycles. The van der Waals surface area contributed by atoms with Gasteiger partial charge < -0.3 is 0 Å². The van der Waals surface area contributed by atoms with Gasteiger partial charge in [-0.25, -0.2) is 9.97 Å². The Bertz CT molecular complexity index is 3180. The van der Waals surface area contributed by atoms with Crippen LogP contribution in [0, 0.1) is 0 Å². The zero-order valence-electron chi connectivity index (χ0n) is 34.2. The number of hydrogen-bond donors (Lipinski definition) is 0. The van der Waals surface area contributed by atoms with Crippen molar-refractivity contribution in [2.45, 2.75) is 19.3 Å². The Morgan fingerprint density at radius 1 is 0.311 bits per heavy atom. The predicted octanol–water partition coefficient (Wildman–Crippen LogP) is 15.6. The second-order valence-corrected chi connectivity index (χ2v) is 16.6. The van der Waals surface area contributed by atoms with E-state index in [-0.39, 0.29) is 5.41 Å². The van der Waals surface area contributed by atoms with Gasteiger partial charge in [0.05, 0.1) is 11.4 Å². The van der Waals surface area contributed by atoms with Gasteiger partial charge in [0, 0.05) is 22.1 Å². The smallest absolute Gasteiger partial charge is 0.160 e. The standard InChI is InChI=1S/C59H42N2/c1-59(2)54-37-46(30-31-52(54)53-32-29-43-19-12-13-24-51(43)57(53)59)42-27-25-41(26-28-42)45-22-14-23-47(33-45)56-38-55(44-20-10-5-11-21-44)60-58(61-56)50-35-48(39-15-6-3-7-16-39)34-49(36-50)40-17-8-4-9-18-40/h3-38H,1-2H3. The summed E-state index contributed by atoms with van der Waals surface area (Å²) in [4.78, 5) is 10.6. The summed E-state index contributed by atoms with van der Waals surface area (Å²) in [7, 11) is 0. The second kappa shape index (κ2) is 14.9. The molecule has 2 nitrogen and oxygen atoms in total. The van der Waals surface area contributed by atoms with Crippen LogP contribution in [0.25, 0.3) is 100 Å². The molecule has 1 aliphatic carbocycles. The van der Waals surface area contributed by atoms with Crippen molar-refractivity contribution in [3.05, 3.63) is 230 Å². The third kappa shape index (κ3) is 6.63. The quantitative estimate of drug-likeness (QED) is 0.161. The minimum Gasteiger partial charge on any atom is -0.228 e. The van der Waals surface area contributed by atoms with Crippen molar-refractivity contribution >= 4 is 10.8 Å². The minimum atomic E-state index is -0.0992. The molecule has 0 saturated carbocycles. The third-order valence-electron chi connectivity index (χ3n) is 12.4. The van der Waals surface area contributed by atoms with Crippen LogP contribution in [-0.4, -0.2) is 9.97 Å². The summed E-state index contributed by atoms with van der Waals surface area (Å²) >= 11 is 0. The van der Waals surface area contributed by atoms with Crippen LogP contribution in [0.2, 0.25) is 0 Å². The van der Waals surface area contributed by atoms with Gasteiger partial charge in [0.1, 0.15) is 0 Å². The first kappa shape index (κ1) is 36.4. The molecule has 0 amide bonds. The lowest BCUT2D eigenvalue weighted by molar-refractivity contribution is 0.666. The van der Waals surface area contributed by atoms with E-state index in [1.165, 1.54) is 44.2 Å². The Morgan fingerprint density at radius 3 is 1.43 bits per heavy atom. The van der Waals surface area contributed by atoms with Crippen molar-refractivity contribution in [2.75, 3.05) is 0 Å². The summed E-state index contributed by atoms with van der Waals surface area (Å²) in [5.41, 5.74) is 19.5. The molecule has 61 heavy (non-hydrogen) atoms. The Balaban J connectivity index is 0.959. The normalized spacial score (nSPS) is 12.6. The van der Waals surface area contributed by atoms with E-state index >= 15 is 0 Å². The van der Waals surface area contributed by atoms with Gasteiger partial charge in [-0.3, -0.25) is 0 Å². The maximum atomic E-state index is 5.32. The molecule has 1 aromatic heterocycles. The van der Waals surface area contributed by atoms with Gasteiger partial charge in [0.25, 0.3) is 0 Å². The van der Waals surface area contributed by atoms with Crippen molar-refractivity contribution < 1.29 is 0 Å². The first-order valence-corrected chi connectivity index (χ1v) is 21.1. The summed E-state index contributed by atoms with van der Waals surface area (Å²) in [5, 5.41) is 2.64. The molecule has 0 fully saturated rings. The Morgan fingerprint density at radius 2 is 0.770 bits per heavy atom. The average molecular weight is 779 g/mol. The van der Waals surface area contributed by atoms with Crippen LogP contribution < -0.4 is 0 Å². The number of aromatic nitrogens is 2. The molecular weight excluding hydrogens is 737 g/mol. The summed E-state index contributed by atoms with van der Waals surface area (Å²) in [6.45, 7) is 4.74. The lowest BCUT2D eigenvalue weighted by Gasteiger charge is -2.23. The number of rotatable bonds is 7. The number of nitrogens with zero attached hydrogens (tertiary/aromatic N) is 2. The number of fused-ring (bicyclic) bond motifs is 5. The van der Waals surface area contributed by atoms with Crippen molar-refractivity contribution in [2.24, 2.45) is 0 Å². The highest BCUT2D eigenvalue weighted by Crippen LogP contribution is 2.52. The molecule has 288 valence electrons. The SMILES string of the molecule is CC1(C)c2cc(-c3ccc(-c4cccc(-c5cc(-c6ccccc6)nc(-c6cc(-c7ccccc7)cc(-c7ccccc7)c6)n5)c4)cc3)ccc2-c2ccc3ccccc3c21. The maximum Gasteiger partial charge on any atom is 0.160 e. The lowest BCUT2D eigenvalue weighted by atomic mass is 9.79. The Kier molecular flexibility index (Phi) is 8.86. The largest absolute Gasteiger partial charge is 0.228 e. The fraction of sp³-hybridized carbons (Fsp3) is 0.0508. The summed E-state index contributed by atoms with van der Waals surface area (Å²) in [5.74, 6) is 0.690. The van der Waals surface area contributed by atoms with Gasteiger partial charge in [-0.15, -0.1) is 0 Å². The van der Waals surface area contributed by atoms with E-state index in [0.29, 0.717) is 5.82 Å². The Labute approximate surface area is 357 Å². The lowest BCUT2D eigenvalue weighted by Crippen LogP contribution is -2.15. The van der Waals surface area contributed by atoms with Crippen LogP contribution in [0.5, 0.6) is 0 Å². The van der Waals surface area contributed by atoms with E-state index < -0.39 is 0 Å². The fourth-order valence-corrected chi connectivity index (χ4v) is 9.33. The van der Waals surface area contributed by atoms with Crippen LogP contribution >= 0.6 is 0 Å². The van der Waals surface area contributed by atoms with Crippen LogP contribution in [0.1, 0.15) is 25.0 Å². The van der Waals surface area contributed by atoms with Gasteiger partial charge in [-0.1, -0.05) is 196 Å². The van der Waals surface area contributed by atoms with Gasteiger partial charge in [-0.2, -0.15) is 0 Å². The molecule has 2 heteroatoms. The van der Waals surface area contributed by atoms with Gasteiger partial charge in [-0.05, 0) is 114 Å². The predicted molar refractivity (Wildman–Crippen MR) is 255 cm³/mol. The highest BCUT2D eigenvalue weighted by molar-refractivity contribution is 5.98. The monoisotopic (exact) mass is 778 g/mol. The van der Waals surface area contributed by atoms with E-state index in [1.807, 2.05) is 6.07 Å². The molecule has 0 spiro atoms. The van der Waals surface area contributed by atoms with Crippen LogP contribution in [0.15, 0.2) is 218 Å². The van der Waals surface area contributed by atoms with Crippen molar-refractivity contribution in [1.29, 1.82) is 0 Å². The van der Waals surface area contributed by atoms with Gasteiger partial charge >= 0.3 is 0 Å². The van der Waals surface area contributed by atoms with Crippen LogP contribution in [-0.2, 0) is 5.41 Å². The van der Waals surface area contributed by atoms with E-state index in [2.05, 4.69) is 226 Å². The first-order chi connectivity index (χ1) is 30.0. The van der Waals surface area contributed by atoms with E-state index in [0.717, 1.165) is 61.5 Å². The van der Waals surface area contributed by atoms with E-state index in [1.54, 1.807) is 0 Å². The van der Waals surface area contributed by atoms with Crippen molar-refractivity contribution in [3.63, 3.8) is 0 Å². The molecule has 0 saturated heterocycles. The molecule has 0 atom stereocenters. The molecule has 0 unspecified atom stereocenters. The molecule has 1 aliphatic rings. The third-order valence-corrected chi connectivity index (χ3v) is 12.4. The summed E-state index contributed by atoms with van der Waals surface area (Å²) in [6.07, 6.45) is 0. The van der Waals surface area contributed by atoms with Gasteiger partial charge in [0.15, 0.2) is 5.82 Å². The number of benzene rings is 9. The summed E-state index contributed by atoms with van der Waals surface area (Å²) in [6, 6.07) is 78.4. The molecular formula is C59H42N2. The highest BCUT2D eigenvalue weighted by atomic mass is 14.9. The topological polar surface area (TPSA) is 25.8 Å². The highest BCUT2D eigenvalue weighted by Gasteiger charge is 2.37. The molecule has 0 bridgehead atoms. The molecule has 9 aromatic carbocycles. The molecule has 0 radical (unpaired) electrons. The number of hydrogen-bond acceptors (Lipinski definition) is 2. The van der Waals surface area contributed by atoms with Crippen LogP contribution in [0.4, 0.5) is 0 Å².